The molecular weight excluding hydrogens is 685 g/mol. The topological polar surface area (TPSA) is 88.1 Å². The van der Waals surface area contributed by atoms with Crippen LogP contribution in [0.1, 0.15) is 106 Å². The molecule has 2 bridgehead atoms. The van der Waals surface area contributed by atoms with Crippen molar-refractivity contribution < 1.29 is 9.59 Å². The van der Waals surface area contributed by atoms with Gasteiger partial charge >= 0.3 is 0 Å². The molecule has 0 saturated heterocycles. The second-order valence-corrected chi connectivity index (χ2v) is 15.4. The Morgan fingerprint density at radius 2 is 1.85 bits per heavy atom. The zero-order valence-corrected chi connectivity index (χ0v) is 30.7. The molecule has 0 aliphatic heterocycles. The fourth-order valence-corrected chi connectivity index (χ4v) is 8.60. The van der Waals surface area contributed by atoms with E-state index in [4.69, 9.17) is 5.10 Å². The van der Waals surface area contributed by atoms with Crippen molar-refractivity contribution in [3.8, 4) is 11.3 Å². The van der Waals surface area contributed by atoms with Gasteiger partial charge in [0.05, 0.1) is 18.9 Å². The summed E-state index contributed by atoms with van der Waals surface area (Å²) in [5.74, 6) is 0.675. The molecule has 7 nitrogen and oxygen atoms in total. The molecule has 2 aliphatic carbocycles. The largest absolute Gasteiger partial charge is 0.347 e. The third kappa shape index (κ3) is 7.53. The number of rotatable bonds is 14. The summed E-state index contributed by atoms with van der Waals surface area (Å²) in [6, 6.07) is 17.1. The van der Waals surface area contributed by atoms with Crippen LogP contribution in [0, 0.1) is 29.6 Å². The van der Waals surface area contributed by atoms with Crippen LogP contribution in [-0.4, -0.2) is 34.3 Å². The van der Waals surface area contributed by atoms with E-state index < -0.39 is 0 Å². The molecule has 2 aromatic carbocycles. The first-order chi connectivity index (χ1) is 21.9. The fourth-order valence-electron chi connectivity index (χ4n) is 7.86. The maximum Gasteiger partial charge on any atom is 0.272 e. The van der Waals surface area contributed by atoms with Gasteiger partial charge in [-0.25, -0.2) is 0 Å². The molecule has 46 heavy (non-hydrogen) atoms. The van der Waals surface area contributed by atoms with Gasteiger partial charge in [-0.15, -0.1) is 0 Å². The van der Waals surface area contributed by atoms with Crippen molar-refractivity contribution in [2.45, 2.75) is 104 Å². The predicted octanol–water partition coefficient (Wildman–Crippen LogP) is 7.78. The Hall–Kier alpha value is -2.72. The van der Waals surface area contributed by atoms with Crippen LogP contribution < -0.4 is 16.0 Å². The summed E-state index contributed by atoms with van der Waals surface area (Å²) in [6.45, 7) is 14.8. The Bertz CT molecular complexity index is 1530. The molecule has 8 heteroatoms. The second-order valence-electron chi connectivity index (χ2n) is 14.7. The van der Waals surface area contributed by atoms with E-state index in [1.165, 1.54) is 36.0 Å². The lowest BCUT2D eigenvalue weighted by molar-refractivity contribution is -0.124. The molecule has 2 amide bonds. The lowest BCUT2D eigenvalue weighted by Crippen LogP contribution is -2.52. The van der Waals surface area contributed by atoms with Crippen LogP contribution in [0.4, 0.5) is 0 Å². The molecule has 3 aromatic rings. The quantitative estimate of drug-likeness (QED) is 0.0683. The molecule has 1 aromatic heterocycles. The zero-order chi connectivity index (χ0) is 33.1. The molecule has 5 rings (SSSR count). The van der Waals surface area contributed by atoms with E-state index in [0.717, 1.165) is 40.5 Å². The first-order valence-electron chi connectivity index (χ1n) is 17.1. The van der Waals surface area contributed by atoms with Crippen LogP contribution in [0.25, 0.3) is 11.3 Å². The van der Waals surface area contributed by atoms with Gasteiger partial charge in [-0.1, -0.05) is 112 Å². The van der Waals surface area contributed by atoms with Crippen LogP contribution in [0.2, 0.25) is 0 Å². The number of carbonyl (C=O) groups excluding carboxylic acids is 2. The first-order valence-corrected chi connectivity index (χ1v) is 18.6. The summed E-state index contributed by atoms with van der Waals surface area (Å²) in [7, 11) is 0. The van der Waals surface area contributed by atoms with Crippen LogP contribution in [0.15, 0.2) is 48.5 Å². The minimum absolute atomic E-state index is 0.0212. The predicted molar refractivity (Wildman–Crippen MR) is 195 cm³/mol. The highest BCUT2D eigenvalue weighted by molar-refractivity contribution is 14.1. The standard InChI is InChI=1S/C38H52IN5O2/c1-7-8-9-26(3)34(45)41-24-40-22-30-18-28(14-15-29(30)21-39)33-19-32(43-44(33)23-27-12-10-25(2)11-13-27)35(46)42-36-37(4,5)31-16-17-38(36,6)20-31/h10-15,18-19,26,31,36,40H,7-9,16-17,20-24H2,1-6H3,(H,41,45)(H,42,46). The van der Waals surface area contributed by atoms with E-state index in [-0.39, 0.29) is 34.6 Å². The molecule has 2 fully saturated rings. The van der Waals surface area contributed by atoms with Crippen molar-refractivity contribution in [1.29, 1.82) is 0 Å². The molecule has 0 spiro atoms. The van der Waals surface area contributed by atoms with Crippen molar-refractivity contribution in [2.75, 3.05) is 6.67 Å². The summed E-state index contributed by atoms with van der Waals surface area (Å²) >= 11 is 2.40. The van der Waals surface area contributed by atoms with E-state index in [0.29, 0.717) is 31.4 Å². The average Bonchev–Trinajstić information content (AvgIpc) is 3.70. The molecular formula is C38H52IN5O2. The van der Waals surface area contributed by atoms with Crippen LogP contribution >= 0.6 is 22.6 Å². The lowest BCUT2D eigenvalue weighted by atomic mass is 9.68. The number of hydrogen-bond acceptors (Lipinski definition) is 4. The van der Waals surface area contributed by atoms with Gasteiger partial charge in [-0.05, 0) is 78.2 Å². The first kappa shape index (κ1) is 34.6. The van der Waals surface area contributed by atoms with Gasteiger partial charge in [0, 0.05) is 28.5 Å². The molecule has 248 valence electrons. The minimum Gasteiger partial charge on any atom is -0.347 e. The Morgan fingerprint density at radius 1 is 1.09 bits per heavy atom. The summed E-state index contributed by atoms with van der Waals surface area (Å²) in [5, 5.41) is 14.8. The van der Waals surface area contributed by atoms with Crippen LogP contribution in [0.5, 0.6) is 0 Å². The molecule has 4 unspecified atom stereocenters. The van der Waals surface area contributed by atoms with E-state index in [1.54, 1.807) is 0 Å². The molecule has 1 heterocycles. The summed E-state index contributed by atoms with van der Waals surface area (Å²) < 4.78 is 2.85. The summed E-state index contributed by atoms with van der Waals surface area (Å²) in [6.07, 6.45) is 6.67. The Balaban J connectivity index is 1.37. The van der Waals surface area contributed by atoms with Crippen molar-refractivity contribution >= 4 is 34.4 Å². The van der Waals surface area contributed by atoms with E-state index >= 15 is 0 Å². The van der Waals surface area contributed by atoms with Gasteiger partial charge in [-0.2, -0.15) is 5.10 Å². The Labute approximate surface area is 289 Å². The number of nitrogens with zero attached hydrogens (tertiary/aromatic N) is 2. The average molecular weight is 738 g/mol. The molecule has 2 aliphatic rings. The number of halogens is 1. The van der Waals surface area contributed by atoms with Crippen molar-refractivity contribution in [2.24, 2.45) is 22.7 Å². The highest BCUT2D eigenvalue weighted by Crippen LogP contribution is 2.62. The number of aromatic nitrogens is 2. The number of nitrogens with one attached hydrogen (secondary N) is 3. The fraction of sp³-hybridized carbons (Fsp3) is 0.553. The third-order valence-electron chi connectivity index (χ3n) is 10.8. The van der Waals surface area contributed by atoms with Crippen LogP contribution in [-0.2, 0) is 22.3 Å². The van der Waals surface area contributed by atoms with Crippen LogP contribution in [0.3, 0.4) is 0 Å². The van der Waals surface area contributed by atoms with Gasteiger partial charge in [0.15, 0.2) is 5.69 Å². The van der Waals surface area contributed by atoms with Crippen molar-refractivity contribution in [1.82, 2.24) is 25.7 Å². The van der Waals surface area contributed by atoms with Gasteiger partial charge in [0.1, 0.15) is 0 Å². The molecule has 2 saturated carbocycles. The minimum atomic E-state index is -0.0922. The highest BCUT2D eigenvalue weighted by Gasteiger charge is 2.59. The van der Waals surface area contributed by atoms with E-state index in [1.807, 2.05) is 17.7 Å². The lowest BCUT2D eigenvalue weighted by Gasteiger charge is -2.42. The highest BCUT2D eigenvalue weighted by atomic mass is 127. The number of benzene rings is 2. The number of fused-ring (bicyclic) bond motifs is 2. The smallest absolute Gasteiger partial charge is 0.272 e. The zero-order valence-electron chi connectivity index (χ0n) is 28.5. The number of carbonyl (C=O) groups is 2. The third-order valence-corrected chi connectivity index (χ3v) is 11.6. The molecule has 0 radical (unpaired) electrons. The number of hydrogen-bond donors (Lipinski definition) is 3. The molecule has 4 atom stereocenters. The Kier molecular flexibility index (Phi) is 11.0. The number of aryl methyl sites for hydroxylation is 1. The van der Waals surface area contributed by atoms with Crippen molar-refractivity contribution in [3.05, 3.63) is 76.5 Å². The van der Waals surface area contributed by atoms with Gasteiger partial charge in [0.2, 0.25) is 5.91 Å². The number of unbranched alkanes of at least 4 members (excludes halogenated alkanes) is 1. The summed E-state index contributed by atoms with van der Waals surface area (Å²) in [4.78, 5) is 26.4. The molecule has 3 N–H and O–H groups in total. The number of alkyl halides is 1. The Morgan fingerprint density at radius 3 is 2.52 bits per heavy atom. The second kappa shape index (κ2) is 14.6. The van der Waals surface area contributed by atoms with Gasteiger partial charge < -0.3 is 10.6 Å². The van der Waals surface area contributed by atoms with E-state index in [2.05, 4.69) is 116 Å². The number of amides is 2. The van der Waals surface area contributed by atoms with E-state index in [9.17, 15) is 9.59 Å². The summed E-state index contributed by atoms with van der Waals surface area (Å²) in [5.41, 5.74) is 7.38. The monoisotopic (exact) mass is 737 g/mol. The maximum absolute atomic E-state index is 13.9. The van der Waals surface area contributed by atoms with Crippen molar-refractivity contribution in [3.63, 3.8) is 0 Å². The maximum atomic E-state index is 13.9. The van der Waals surface area contributed by atoms with Gasteiger partial charge in [-0.3, -0.25) is 19.6 Å². The SMILES string of the molecule is CCCCC(C)C(=O)NCNCc1cc(-c2cc(C(=O)NC3C4(C)CCC(C4)C3(C)C)nn2Cc2ccc(C)cc2)ccc1CI. The van der Waals surface area contributed by atoms with Gasteiger partial charge in [0.25, 0.3) is 5.91 Å². The normalized spacial score (nSPS) is 22.2.